The number of rotatable bonds is 4. The maximum Gasteiger partial charge on any atom is 0.279 e. The van der Waals surface area contributed by atoms with Crippen LogP contribution in [0.3, 0.4) is 0 Å². The van der Waals surface area contributed by atoms with Crippen molar-refractivity contribution in [3.8, 4) is 0 Å². The molecule has 1 aliphatic rings. The van der Waals surface area contributed by atoms with Gasteiger partial charge in [0, 0.05) is 12.5 Å². The van der Waals surface area contributed by atoms with Crippen molar-refractivity contribution in [1.82, 2.24) is 15.8 Å². The predicted molar refractivity (Wildman–Crippen MR) is 75.2 cm³/mol. The fourth-order valence-electron chi connectivity index (χ4n) is 2.18. The highest BCUT2D eigenvalue weighted by Gasteiger charge is 2.21. The smallest absolute Gasteiger partial charge is 0.279 e. The molecule has 1 saturated heterocycles. The van der Waals surface area contributed by atoms with Gasteiger partial charge < -0.3 is 4.79 Å². The molecule has 2 rings (SSSR count). The second kappa shape index (κ2) is 7.16. The molecule has 0 saturated carbocycles. The normalized spacial score (nSPS) is 19.3. The van der Waals surface area contributed by atoms with E-state index in [4.69, 9.17) is 0 Å². The molecule has 0 radical (unpaired) electrons. The number of likely N-dealkylation sites (tertiary alicyclic amines) is 1. The van der Waals surface area contributed by atoms with Gasteiger partial charge in [-0.1, -0.05) is 6.07 Å². The third kappa shape index (κ3) is 4.14. The number of hydrogen-bond donors (Lipinski definition) is 2. The van der Waals surface area contributed by atoms with Crippen LogP contribution in [-0.4, -0.2) is 42.6 Å². The first-order valence-electron chi connectivity index (χ1n) is 6.49. The Kier molecular flexibility index (Phi) is 5.25. The first kappa shape index (κ1) is 14.7. The summed E-state index contributed by atoms with van der Waals surface area (Å²) in [5.41, 5.74) is 4.76. The van der Waals surface area contributed by atoms with E-state index in [0.717, 1.165) is 25.7 Å². The first-order chi connectivity index (χ1) is 9.69. The van der Waals surface area contributed by atoms with E-state index >= 15 is 0 Å². The molecule has 108 valence electrons. The molecule has 6 nitrogen and oxygen atoms in total. The Morgan fingerprint density at radius 2 is 2.30 bits per heavy atom. The number of hydrazine groups is 1. The van der Waals surface area contributed by atoms with E-state index in [0.29, 0.717) is 11.4 Å². The molecule has 2 N–H and O–H groups in total. The van der Waals surface area contributed by atoms with Crippen molar-refractivity contribution in [3.05, 3.63) is 22.4 Å². The zero-order valence-corrected chi connectivity index (χ0v) is 11.8. The van der Waals surface area contributed by atoms with Gasteiger partial charge in [-0.3, -0.25) is 25.3 Å². The van der Waals surface area contributed by atoms with E-state index in [9.17, 15) is 14.4 Å². The Morgan fingerprint density at radius 1 is 1.45 bits per heavy atom. The zero-order valence-electron chi connectivity index (χ0n) is 11.0. The third-order valence-electron chi connectivity index (χ3n) is 3.16. The molecule has 1 aliphatic heterocycles. The van der Waals surface area contributed by atoms with Gasteiger partial charge in [-0.15, -0.1) is 11.3 Å². The lowest BCUT2D eigenvalue weighted by Gasteiger charge is -2.29. The van der Waals surface area contributed by atoms with Crippen molar-refractivity contribution >= 4 is 29.4 Å². The molecule has 2 heterocycles. The molecule has 1 atom stereocenters. The highest BCUT2D eigenvalue weighted by atomic mass is 32.1. The molecule has 1 unspecified atom stereocenters. The van der Waals surface area contributed by atoms with Crippen LogP contribution in [0.4, 0.5) is 0 Å². The second-order valence-electron chi connectivity index (χ2n) is 4.75. The van der Waals surface area contributed by atoms with Gasteiger partial charge in [0.15, 0.2) is 0 Å². The van der Waals surface area contributed by atoms with Crippen LogP contribution >= 0.6 is 11.3 Å². The molecular formula is C13H17N3O3S. The Morgan fingerprint density at radius 3 is 3.00 bits per heavy atom. The number of carbonyl (C=O) groups excluding carboxylic acids is 3. The van der Waals surface area contributed by atoms with E-state index in [1.807, 2.05) is 4.90 Å². The topological polar surface area (TPSA) is 78.5 Å². The number of aldehydes is 1. The molecule has 0 bridgehead atoms. The van der Waals surface area contributed by atoms with Crippen LogP contribution in [0.15, 0.2) is 17.5 Å². The molecule has 0 spiro atoms. The Labute approximate surface area is 121 Å². The summed E-state index contributed by atoms with van der Waals surface area (Å²) in [6.45, 7) is 1.60. The summed E-state index contributed by atoms with van der Waals surface area (Å²) in [4.78, 5) is 36.6. The predicted octanol–water partition coefficient (Wildman–Crippen LogP) is 0.420. The summed E-state index contributed by atoms with van der Waals surface area (Å²) in [6, 6.07) is 3.46. The Balaban J connectivity index is 1.72. The van der Waals surface area contributed by atoms with Gasteiger partial charge in [-0.05, 0) is 30.8 Å². The van der Waals surface area contributed by atoms with Crippen molar-refractivity contribution in [1.29, 1.82) is 0 Å². The summed E-state index contributed by atoms with van der Waals surface area (Å²) in [5, 5.41) is 1.80. The summed E-state index contributed by atoms with van der Waals surface area (Å²) in [7, 11) is 0. The second-order valence-corrected chi connectivity index (χ2v) is 5.70. The van der Waals surface area contributed by atoms with Crippen LogP contribution in [-0.2, 0) is 9.59 Å². The summed E-state index contributed by atoms with van der Waals surface area (Å²) in [6.07, 6.45) is 2.75. The molecule has 1 aromatic rings. The summed E-state index contributed by atoms with van der Waals surface area (Å²) >= 11 is 1.31. The number of piperidine rings is 1. The molecule has 7 heteroatoms. The molecule has 20 heavy (non-hydrogen) atoms. The largest absolute Gasteiger partial charge is 0.303 e. The first-order valence-corrected chi connectivity index (χ1v) is 7.37. The molecule has 0 aliphatic carbocycles. The van der Waals surface area contributed by atoms with Crippen LogP contribution in [0, 0.1) is 5.92 Å². The van der Waals surface area contributed by atoms with E-state index in [-0.39, 0.29) is 24.3 Å². The van der Waals surface area contributed by atoms with Crippen molar-refractivity contribution in [2.75, 3.05) is 19.6 Å². The lowest BCUT2D eigenvalue weighted by molar-refractivity contribution is -0.124. The lowest BCUT2D eigenvalue weighted by Crippen LogP contribution is -2.48. The number of nitrogens with one attached hydrogen (secondary N) is 2. The molecule has 0 aromatic carbocycles. The van der Waals surface area contributed by atoms with Crippen molar-refractivity contribution in [2.45, 2.75) is 12.8 Å². The van der Waals surface area contributed by atoms with E-state index < -0.39 is 0 Å². The minimum absolute atomic E-state index is 0.0114. The maximum absolute atomic E-state index is 11.7. The van der Waals surface area contributed by atoms with Crippen LogP contribution in [0.5, 0.6) is 0 Å². The fraction of sp³-hybridized carbons (Fsp3) is 0.462. The number of carbonyl (C=O) groups is 3. The average molecular weight is 295 g/mol. The minimum atomic E-state index is -0.322. The van der Waals surface area contributed by atoms with E-state index in [1.54, 1.807) is 17.5 Å². The van der Waals surface area contributed by atoms with Crippen LogP contribution in [0.1, 0.15) is 22.5 Å². The van der Waals surface area contributed by atoms with Gasteiger partial charge in [0.1, 0.15) is 6.29 Å². The maximum atomic E-state index is 11.7. The van der Waals surface area contributed by atoms with Gasteiger partial charge in [-0.2, -0.15) is 0 Å². The van der Waals surface area contributed by atoms with Gasteiger partial charge >= 0.3 is 0 Å². The SMILES string of the molecule is O=CC1CCCN(CC(=O)NNC(=O)c2cccs2)C1. The number of nitrogens with zero attached hydrogens (tertiary/aromatic N) is 1. The highest BCUT2D eigenvalue weighted by molar-refractivity contribution is 7.12. The Bertz CT molecular complexity index is 475. The number of hydrogen-bond acceptors (Lipinski definition) is 5. The van der Waals surface area contributed by atoms with Crippen LogP contribution < -0.4 is 10.9 Å². The number of thiophene rings is 1. The minimum Gasteiger partial charge on any atom is -0.303 e. The van der Waals surface area contributed by atoms with Crippen molar-refractivity contribution < 1.29 is 14.4 Å². The van der Waals surface area contributed by atoms with Crippen LogP contribution in [0.25, 0.3) is 0 Å². The summed E-state index contributed by atoms with van der Waals surface area (Å²) in [5.74, 6) is -0.587. The van der Waals surface area contributed by atoms with E-state index in [2.05, 4.69) is 10.9 Å². The zero-order chi connectivity index (χ0) is 14.4. The molecular weight excluding hydrogens is 278 g/mol. The summed E-state index contributed by atoms with van der Waals surface area (Å²) < 4.78 is 0. The standard InChI is InChI=1S/C13H17N3O3S/c17-9-10-3-1-5-16(7-10)8-12(18)14-15-13(19)11-4-2-6-20-11/h2,4,6,9-10H,1,3,5,7-8H2,(H,14,18)(H,15,19). The van der Waals surface area contributed by atoms with Crippen molar-refractivity contribution in [3.63, 3.8) is 0 Å². The third-order valence-corrected chi connectivity index (χ3v) is 4.03. The van der Waals surface area contributed by atoms with Gasteiger partial charge in [0.25, 0.3) is 11.8 Å². The lowest BCUT2D eigenvalue weighted by atomic mass is 10.00. The molecule has 1 fully saturated rings. The van der Waals surface area contributed by atoms with Gasteiger partial charge in [0.05, 0.1) is 11.4 Å². The van der Waals surface area contributed by atoms with Crippen molar-refractivity contribution in [2.24, 2.45) is 5.92 Å². The average Bonchev–Trinajstić information content (AvgIpc) is 2.99. The van der Waals surface area contributed by atoms with Gasteiger partial charge in [-0.25, -0.2) is 0 Å². The number of amides is 2. The fourth-order valence-corrected chi connectivity index (χ4v) is 2.80. The van der Waals surface area contributed by atoms with E-state index in [1.165, 1.54) is 11.3 Å². The Hall–Kier alpha value is -1.73. The monoisotopic (exact) mass is 295 g/mol. The molecule has 1 aromatic heterocycles. The molecule has 2 amide bonds. The van der Waals surface area contributed by atoms with Crippen LogP contribution in [0.2, 0.25) is 0 Å². The van der Waals surface area contributed by atoms with Gasteiger partial charge in [0.2, 0.25) is 0 Å². The quantitative estimate of drug-likeness (QED) is 0.623. The highest BCUT2D eigenvalue weighted by Crippen LogP contribution is 2.13.